The van der Waals surface area contributed by atoms with Gasteiger partial charge in [-0.1, -0.05) is 39.4 Å². The fourth-order valence-corrected chi connectivity index (χ4v) is 0.837. The first-order valence-electron chi connectivity index (χ1n) is 2.99. The molecule has 0 N–H and O–H groups in total. The smallest absolute Gasteiger partial charge is 0.129 e. The van der Waals surface area contributed by atoms with Crippen molar-refractivity contribution in [3.05, 3.63) is 29.0 Å². The Hall–Kier alpha value is -0.520. The van der Waals surface area contributed by atoms with E-state index in [9.17, 15) is 0 Å². The molecule has 0 spiro atoms. The molecular formula is C8H5BrClN. The van der Waals surface area contributed by atoms with Gasteiger partial charge < -0.3 is 0 Å². The minimum atomic E-state index is 0.495. The van der Waals surface area contributed by atoms with E-state index in [4.69, 9.17) is 11.6 Å². The summed E-state index contributed by atoms with van der Waals surface area (Å²) in [6.07, 6.45) is 1.65. The van der Waals surface area contributed by atoms with Crippen molar-refractivity contribution < 1.29 is 0 Å². The van der Waals surface area contributed by atoms with Crippen LogP contribution in [0.15, 0.2) is 18.3 Å². The Morgan fingerprint density at radius 3 is 2.91 bits per heavy atom. The Labute approximate surface area is 78.9 Å². The summed E-state index contributed by atoms with van der Waals surface area (Å²) >= 11 is 8.78. The largest absolute Gasteiger partial charge is 0.243 e. The second-order valence-electron chi connectivity index (χ2n) is 1.81. The van der Waals surface area contributed by atoms with Gasteiger partial charge in [-0.2, -0.15) is 0 Å². The van der Waals surface area contributed by atoms with Crippen molar-refractivity contribution in [1.29, 1.82) is 0 Å². The molecule has 0 radical (unpaired) electrons. The lowest BCUT2D eigenvalue weighted by Crippen LogP contribution is -1.77. The number of alkyl halides is 1. The van der Waals surface area contributed by atoms with Crippen molar-refractivity contribution >= 4 is 27.5 Å². The van der Waals surface area contributed by atoms with E-state index in [1.807, 2.05) is 6.07 Å². The Kier molecular flexibility index (Phi) is 3.41. The van der Waals surface area contributed by atoms with Gasteiger partial charge in [0.2, 0.25) is 0 Å². The van der Waals surface area contributed by atoms with E-state index >= 15 is 0 Å². The molecule has 1 heterocycles. The first-order chi connectivity index (χ1) is 5.33. The predicted molar refractivity (Wildman–Crippen MR) is 49.9 cm³/mol. The molecule has 0 aromatic carbocycles. The Morgan fingerprint density at radius 2 is 2.36 bits per heavy atom. The Balaban J connectivity index is 2.82. The number of pyridine rings is 1. The molecule has 1 nitrogen and oxygen atoms in total. The van der Waals surface area contributed by atoms with Crippen molar-refractivity contribution in [1.82, 2.24) is 4.98 Å². The van der Waals surface area contributed by atoms with Gasteiger partial charge in [-0.25, -0.2) is 4.98 Å². The molecule has 0 atom stereocenters. The predicted octanol–water partition coefficient (Wildman–Crippen LogP) is 2.48. The van der Waals surface area contributed by atoms with Crippen LogP contribution in [-0.4, -0.2) is 10.3 Å². The minimum Gasteiger partial charge on any atom is -0.243 e. The monoisotopic (exact) mass is 229 g/mol. The van der Waals surface area contributed by atoms with E-state index in [2.05, 4.69) is 32.8 Å². The molecule has 56 valence electrons. The average Bonchev–Trinajstić information content (AvgIpc) is 2.04. The number of nitrogens with zero attached hydrogens (tertiary/aromatic N) is 1. The average molecular weight is 230 g/mol. The summed E-state index contributed by atoms with van der Waals surface area (Å²) in [7, 11) is 0. The van der Waals surface area contributed by atoms with Crippen LogP contribution in [0.4, 0.5) is 0 Å². The van der Waals surface area contributed by atoms with Crippen LogP contribution in [0.3, 0.4) is 0 Å². The molecule has 0 fully saturated rings. The van der Waals surface area contributed by atoms with E-state index in [1.54, 1.807) is 12.3 Å². The molecule has 0 aliphatic rings. The molecule has 0 aliphatic heterocycles. The third kappa shape index (κ3) is 2.92. The fourth-order valence-electron chi connectivity index (χ4n) is 0.585. The summed E-state index contributed by atoms with van der Waals surface area (Å²) < 4.78 is 0. The maximum atomic E-state index is 5.58. The van der Waals surface area contributed by atoms with Crippen LogP contribution in [0.5, 0.6) is 0 Å². The van der Waals surface area contributed by atoms with Crippen molar-refractivity contribution in [2.45, 2.75) is 0 Å². The third-order valence-corrected chi connectivity index (χ3v) is 1.53. The van der Waals surface area contributed by atoms with Gasteiger partial charge in [-0.05, 0) is 12.1 Å². The van der Waals surface area contributed by atoms with Crippen LogP contribution in [0.1, 0.15) is 5.56 Å². The van der Waals surface area contributed by atoms with Crippen LogP contribution in [0, 0.1) is 11.8 Å². The maximum absolute atomic E-state index is 5.58. The van der Waals surface area contributed by atoms with Gasteiger partial charge in [0, 0.05) is 11.8 Å². The number of hydrogen-bond acceptors (Lipinski definition) is 1. The molecule has 3 heteroatoms. The lowest BCUT2D eigenvalue weighted by Gasteiger charge is -1.88. The number of aromatic nitrogens is 1. The highest BCUT2D eigenvalue weighted by atomic mass is 79.9. The fraction of sp³-hybridized carbons (Fsp3) is 0.125. The van der Waals surface area contributed by atoms with Crippen LogP contribution in [0.2, 0.25) is 5.15 Å². The molecule has 0 saturated heterocycles. The molecule has 0 amide bonds. The summed E-state index contributed by atoms with van der Waals surface area (Å²) in [4.78, 5) is 3.88. The van der Waals surface area contributed by atoms with Crippen molar-refractivity contribution in [2.24, 2.45) is 0 Å². The summed E-state index contributed by atoms with van der Waals surface area (Å²) in [5, 5.41) is 1.17. The normalized spacial score (nSPS) is 8.55. The van der Waals surface area contributed by atoms with Gasteiger partial charge in [0.15, 0.2) is 0 Å². The lowest BCUT2D eigenvalue weighted by molar-refractivity contribution is 1.31. The third-order valence-electron chi connectivity index (χ3n) is 1.03. The first kappa shape index (κ1) is 8.58. The minimum absolute atomic E-state index is 0.495. The summed E-state index contributed by atoms with van der Waals surface area (Å²) in [5.74, 6) is 5.77. The molecule has 11 heavy (non-hydrogen) atoms. The highest BCUT2D eigenvalue weighted by Gasteiger charge is 1.87. The Bertz CT molecular complexity index is 283. The van der Waals surface area contributed by atoms with Crippen LogP contribution < -0.4 is 0 Å². The van der Waals surface area contributed by atoms with Crippen LogP contribution in [0.25, 0.3) is 0 Å². The van der Waals surface area contributed by atoms with Crippen molar-refractivity contribution in [3.63, 3.8) is 0 Å². The number of rotatable bonds is 0. The molecule has 0 aliphatic carbocycles. The van der Waals surface area contributed by atoms with Gasteiger partial charge in [-0.15, -0.1) is 0 Å². The second kappa shape index (κ2) is 4.38. The van der Waals surface area contributed by atoms with Crippen LogP contribution in [-0.2, 0) is 0 Å². The molecular weight excluding hydrogens is 225 g/mol. The van der Waals surface area contributed by atoms with E-state index in [0.29, 0.717) is 10.5 Å². The zero-order chi connectivity index (χ0) is 8.10. The highest BCUT2D eigenvalue weighted by Crippen LogP contribution is 2.03. The van der Waals surface area contributed by atoms with Gasteiger partial charge >= 0.3 is 0 Å². The van der Waals surface area contributed by atoms with E-state index in [-0.39, 0.29) is 0 Å². The Morgan fingerprint density at radius 1 is 1.55 bits per heavy atom. The van der Waals surface area contributed by atoms with E-state index < -0.39 is 0 Å². The van der Waals surface area contributed by atoms with Gasteiger partial charge in [0.1, 0.15) is 5.15 Å². The zero-order valence-electron chi connectivity index (χ0n) is 5.64. The number of hydrogen-bond donors (Lipinski definition) is 0. The van der Waals surface area contributed by atoms with Gasteiger partial charge in [-0.3, -0.25) is 0 Å². The van der Waals surface area contributed by atoms with Crippen molar-refractivity contribution in [3.8, 4) is 11.8 Å². The molecule has 1 rings (SSSR count). The second-order valence-corrected chi connectivity index (χ2v) is 2.75. The van der Waals surface area contributed by atoms with E-state index in [0.717, 1.165) is 5.56 Å². The van der Waals surface area contributed by atoms with Gasteiger partial charge in [0.25, 0.3) is 0 Å². The molecule has 1 aromatic heterocycles. The molecule has 0 bridgehead atoms. The highest BCUT2D eigenvalue weighted by molar-refractivity contribution is 9.09. The SMILES string of the molecule is Clc1ccc(C#CCBr)cn1. The molecule has 1 aromatic rings. The zero-order valence-corrected chi connectivity index (χ0v) is 7.98. The molecule has 0 saturated carbocycles. The topological polar surface area (TPSA) is 12.9 Å². The first-order valence-corrected chi connectivity index (χ1v) is 4.49. The number of halogens is 2. The van der Waals surface area contributed by atoms with Crippen LogP contribution >= 0.6 is 27.5 Å². The van der Waals surface area contributed by atoms with E-state index in [1.165, 1.54) is 0 Å². The standard InChI is InChI=1S/C8H5BrClN/c9-5-1-2-7-3-4-8(10)11-6-7/h3-4,6H,5H2. The quantitative estimate of drug-likeness (QED) is 0.379. The van der Waals surface area contributed by atoms with Crippen molar-refractivity contribution in [2.75, 3.05) is 5.33 Å². The summed E-state index contributed by atoms with van der Waals surface area (Å²) in [6.45, 7) is 0. The molecule has 0 unspecified atom stereocenters. The summed E-state index contributed by atoms with van der Waals surface area (Å²) in [5.41, 5.74) is 0.883. The maximum Gasteiger partial charge on any atom is 0.129 e. The lowest BCUT2D eigenvalue weighted by atomic mass is 10.3. The summed E-state index contributed by atoms with van der Waals surface area (Å²) in [6, 6.07) is 3.56. The van der Waals surface area contributed by atoms with Gasteiger partial charge in [0.05, 0.1) is 5.33 Å².